The summed E-state index contributed by atoms with van der Waals surface area (Å²) in [6.45, 7) is 0. The predicted octanol–water partition coefficient (Wildman–Crippen LogP) is 4.40. The monoisotopic (exact) mass is 440 g/mol. The number of thioether (sulfide) groups is 2. The Balaban J connectivity index is 1.31. The standard InChI is InChI=1S/C20H16N4O2S3/c25-16-10-11-20(24(16)14-8-4-5-9-15(14)29-20)17(26)21-18-22-23-19(28-18)27-12-13-6-2-1-3-7-13/h1-9H,10-12H2,(H,21,22,26)/t20-/m1/s1. The fraction of sp³-hybridized carbons (Fsp3) is 0.200. The van der Waals surface area contributed by atoms with E-state index in [0.717, 1.165) is 20.7 Å². The molecule has 0 unspecified atom stereocenters. The van der Waals surface area contributed by atoms with E-state index in [2.05, 4.69) is 27.6 Å². The van der Waals surface area contributed by atoms with Gasteiger partial charge in [-0.1, -0.05) is 77.3 Å². The van der Waals surface area contributed by atoms with Gasteiger partial charge in [0.1, 0.15) is 0 Å². The summed E-state index contributed by atoms with van der Waals surface area (Å²) in [7, 11) is 0. The third-order valence-corrected chi connectivity index (χ3v) is 8.38. The molecular weight excluding hydrogens is 424 g/mol. The summed E-state index contributed by atoms with van der Waals surface area (Å²) in [6.07, 6.45) is 0.842. The molecule has 2 aliphatic rings. The number of carbonyl (C=O) groups is 2. The summed E-state index contributed by atoms with van der Waals surface area (Å²) in [6, 6.07) is 17.8. The normalized spacial score (nSPS) is 19.9. The van der Waals surface area contributed by atoms with Gasteiger partial charge in [0.25, 0.3) is 5.91 Å². The third-order valence-electron chi connectivity index (χ3n) is 4.86. The summed E-state index contributed by atoms with van der Waals surface area (Å²) < 4.78 is 0.795. The number of nitrogens with one attached hydrogen (secondary N) is 1. The van der Waals surface area contributed by atoms with Gasteiger partial charge in [-0.15, -0.1) is 10.2 Å². The van der Waals surface area contributed by atoms with Gasteiger partial charge < -0.3 is 0 Å². The number of para-hydroxylation sites is 1. The van der Waals surface area contributed by atoms with Crippen molar-refractivity contribution < 1.29 is 9.59 Å². The van der Waals surface area contributed by atoms with E-state index in [4.69, 9.17) is 0 Å². The maximum Gasteiger partial charge on any atom is 0.263 e. The van der Waals surface area contributed by atoms with E-state index in [-0.39, 0.29) is 11.8 Å². The molecule has 6 nitrogen and oxygen atoms in total. The zero-order valence-electron chi connectivity index (χ0n) is 15.2. The van der Waals surface area contributed by atoms with Gasteiger partial charge in [-0.05, 0) is 24.1 Å². The number of nitrogens with zero attached hydrogens (tertiary/aromatic N) is 3. The molecule has 0 spiro atoms. The second-order valence-electron chi connectivity index (χ2n) is 6.68. The lowest BCUT2D eigenvalue weighted by atomic mass is 10.2. The lowest BCUT2D eigenvalue weighted by molar-refractivity contribution is -0.121. The Kier molecular flexibility index (Phi) is 4.81. The molecule has 0 bridgehead atoms. The summed E-state index contributed by atoms with van der Waals surface area (Å²) in [5.41, 5.74) is 2.02. The Hall–Kier alpha value is -2.36. The largest absolute Gasteiger partial charge is 0.298 e. The molecule has 1 aromatic heterocycles. The molecule has 1 N–H and O–H groups in total. The van der Waals surface area contributed by atoms with Crippen molar-refractivity contribution in [2.24, 2.45) is 0 Å². The summed E-state index contributed by atoms with van der Waals surface area (Å²) in [5, 5.41) is 11.7. The van der Waals surface area contributed by atoms with Gasteiger partial charge in [0.05, 0.1) is 5.69 Å². The van der Waals surface area contributed by atoms with E-state index >= 15 is 0 Å². The summed E-state index contributed by atoms with van der Waals surface area (Å²) in [4.78, 5) is 27.4. The van der Waals surface area contributed by atoms with Crippen LogP contribution in [0.4, 0.5) is 10.8 Å². The first-order valence-electron chi connectivity index (χ1n) is 9.08. The minimum Gasteiger partial charge on any atom is -0.298 e. The number of amides is 2. The van der Waals surface area contributed by atoms with Crippen LogP contribution in [0.5, 0.6) is 0 Å². The van der Waals surface area contributed by atoms with Crippen LogP contribution in [0.2, 0.25) is 0 Å². The van der Waals surface area contributed by atoms with E-state index in [1.54, 1.807) is 16.7 Å². The Morgan fingerprint density at radius 2 is 1.93 bits per heavy atom. The molecule has 1 fully saturated rings. The second-order valence-corrected chi connectivity index (χ2v) is 10.2. The lowest BCUT2D eigenvalue weighted by Crippen LogP contribution is -2.49. The highest BCUT2D eigenvalue weighted by Crippen LogP contribution is 2.56. The first-order valence-corrected chi connectivity index (χ1v) is 11.7. The zero-order chi connectivity index (χ0) is 19.8. The zero-order valence-corrected chi connectivity index (χ0v) is 17.6. The summed E-state index contributed by atoms with van der Waals surface area (Å²) >= 11 is 4.38. The van der Waals surface area contributed by atoms with Crippen LogP contribution in [0.1, 0.15) is 18.4 Å². The maximum atomic E-state index is 13.2. The second kappa shape index (κ2) is 7.47. The number of aromatic nitrogens is 2. The van der Waals surface area contributed by atoms with Gasteiger partial charge in [0.15, 0.2) is 9.21 Å². The Labute approximate surface area is 180 Å². The molecule has 0 aliphatic carbocycles. The van der Waals surface area contributed by atoms with Crippen molar-refractivity contribution in [1.29, 1.82) is 0 Å². The highest BCUT2D eigenvalue weighted by atomic mass is 32.2. The van der Waals surface area contributed by atoms with E-state index < -0.39 is 4.87 Å². The number of fused-ring (bicyclic) bond motifs is 3. The van der Waals surface area contributed by atoms with E-state index in [1.165, 1.54) is 28.7 Å². The molecule has 3 aromatic rings. The van der Waals surface area contributed by atoms with Crippen LogP contribution < -0.4 is 10.2 Å². The first-order chi connectivity index (χ1) is 14.2. The highest BCUT2D eigenvalue weighted by molar-refractivity contribution is 8.02. The van der Waals surface area contributed by atoms with Crippen molar-refractivity contribution in [3.63, 3.8) is 0 Å². The predicted molar refractivity (Wildman–Crippen MR) is 116 cm³/mol. The highest BCUT2D eigenvalue weighted by Gasteiger charge is 2.57. The summed E-state index contributed by atoms with van der Waals surface area (Å²) in [5.74, 6) is 0.551. The Morgan fingerprint density at radius 3 is 2.79 bits per heavy atom. The van der Waals surface area contributed by atoms with E-state index in [1.807, 2.05) is 42.5 Å². The molecule has 2 aromatic carbocycles. The molecule has 5 rings (SSSR count). The van der Waals surface area contributed by atoms with Crippen molar-refractivity contribution in [3.05, 3.63) is 60.2 Å². The van der Waals surface area contributed by atoms with Gasteiger partial charge >= 0.3 is 0 Å². The number of carbonyl (C=O) groups excluding carboxylic acids is 2. The van der Waals surface area contributed by atoms with Crippen molar-refractivity contribution in [2.75, 3.05) is 10.2 Å². The molecule has 9 heteroatoms. The molecule has 2 aliphatic heterocycles. The van der Waals surface area contributed by atoms with Crippen LogP contribution in [0.25, 0.3) is 0 Å². The number of anilines is 2. The third kappa shape index (κ3) is 3.33. The minimum absolute atomic E-state index is 0.0195. The molecule has 3 heterocycles. The quantitative estimate of drug-likeness (QED) is 0.468. The molecule has 1 saturated heterocycles. The fourth-order valence-corrected chi connectivity index (χ4v) is 6.65. The molecule has 0 saturated carbocycles. The van der Waals surface area contributed by atoms with Crippen molar-refractivity contribution in [1.82, 2.24) is 10.2 Å². The smallest absolute Gasteiger partial charge is 0.263 e. The average Bonchev–Trinajstić information content (AvgIpc) is 3.42. The molecule has 1 atom stereocenters. The van der Waals surface area contributed by atoms with Crippen LogP contribution in [-0.2, 0) is 15.3 Å². The number of benzene rings is 2. The number of rotatable bonds is 5. The first kappa shape index (κ1) is 18.7. The molecule has 29 heavy (non-hydrogen) atoms. The van der Waals surface area contributed by atoms with Gasteiger partial charge in [-0.25, -0.2) is 0 Å². The lowest BCUT2D eigenvalue weighted by Gasteiger charge is -2.29. The maximum absolute atomic E-state index is 13.2. The van der Waals surface area contributed by atoms with Crippen LogP contribution in [0.3, 0.4) is 0 Å². The average molecular weight is 441 g/mol. The van der Waals surface area contributed by atoms with Crippen LogP contribution in [0, 0.1) is 0 Å². The number of hydrogen-bond donors (Lipinski definition) is 1. The van der Waals surface area contributed by atoms with Gasteiger partial charge in [0.2, 0.25) is 11.0 Å². The number of hydrogen-bond acceptors (Lipinski definition) is 7. The molecular formula is C20H16N4O2S3. The van der Waals surface area contributed by atoms with Gasteiger partial charge in [-0.3, -0.25) is 19.8 Å². The molecule has 0 radical (unpaired) electrons. The SMILES string of the molecule is O=C1CC[C@]2(C(=O)Nc3nnc(SCc4ccccc4)s3)Sc3ccccc3N12. The topological polar surface area (TPSA) is 75.2 Å². The fourth-order valence-electron chi connectivity index (χ4n) is 3.53. The Morgan fingerprint density at radius 1 is 1.14 bits per heavy atom. The van der Waals surface area contributed by atoms with Crippen molar-refractivity contribution in [3.8, 4) is 0 Å². The molecule has 146 valence electrons. The minimum atomic E-state index is -0.941. The van der Waals surface area contributed by atoms with Crippen molar-refractivity contribution in [2.45, 2.75) is 32.7 Å². The van der Waals surface area contributed by atoms with E-state index in [0.29, 0.717) is 18.0 Å². The van der Waals surface area contributed by atoms with Crippen LogP contribution >= 0.6 is 34.9 Å². The van der Waals surface area contributed by atoms with Crippen LogP contribution in [-0.4, -0.2) is 26.9 Å². The van der Waals surface area contributed by atoms with Gasteiger partial charge in [0, 0.05) is 17.1 Å². The van der Waals surface area contributed by atoms with Crippen molar-refractivity contribution >= 4 is 57.5 Å². The Bertz CT molecular complexity index is 1090. The molecule has 2 amide bonds. The van der Waals surface area contributed by atoms with E-state index in [9.17, 15) is 9.59 Å². The van der Waals surface area contributed by atoms with Crippen LogP contribution in [0.15, 0.2) is 63.8 Å². The van der Waals surface area contributed by atoms with Gasteiger partial charge in [-0.2, -0.15) is 0 Å².